The highest BCUT2D eigenvalue weighted by molar-refractivity contribution is 5.71. The second kappa shape index (κ2) is 7.13. The molecule has 0 N–H and O–H groups in total. The Hall–Kier alpha value is -2.41. The molecule has 0 amide bonds. The Kier molecular flexibility index (Phi) is 4.89. The van der Waals surface area contributed by atoms with Gasteiger partial charge in [0.15, 0.2) is 6.20 Å². The smallest absolute Gasteiger partial charge is 0.199 e. The molecule has 0 bridgehead atoms. The van der Waals surface area contributed by atoms with Gasteiger partial charge in [0, 0.05) is 17.7 Å². The van der Waals surface area contributed by atoms with Gasteiger partial charge in [-0.1, -0.05) is 64.1 Å². The minimum Gasteiger partial charge on any atom is -0.199 e. The van der Waals surface area contributed by atoms with E-state index >= 15 is 0 Å². The van der Waals surface area contributed by atoms with Gasteiger partial charge in [-0.2, -0.15) is 4.57 Å². The van der Waals surface area contributed by atoms with Crippen LogP contribution in [0.25, 0.3) is 22.4 Å². The lowest BCUT2D eigenvalue weighted by molar-refractivity contribution is -0.682. The first-order valence-corrected chi connectivity index (χ1v) is 11.0. The molecule has 0 atom stereocenters. The van der Waals surface area contributed by atoms with Gasteiger partial charge in [0.2, 0.25) is 5.69 Å². The van der Waals surface area contributed by atoms with Crippen molar-refractivity contribution in [3.05, 3.63) is 77.5 Å². The van der Waals surface area contributed by atoms with Crippen LogP contribution in [-0.4, -0.2) is 0 Å². The lowest BCUT2D eigenvalue weighted by Crippen LogP contribution is -2.36. The Balaban J connectivity index is 1.93. The number of aryl methyl sites for hydroxylation is 2. The summed E-state index contributed by atoms with van der Waals surface area (Å²) in [5.41, 5.74) is 10.2. The molecule has 1 heteroatoms. The molecule has 2 aromatic carbocycles. The van der Waals surface area contributed by atoms with Crippen LogP contribution in [-0.2, 0) is 17.4 Å². The van der Waals surface area contributed by atoms with Crippen LogP contribution >= 0.6 is 0 Å². The molecule has 4 rings (SSSR count). The summed E-state index contributed by atoms with van der Waals surface area (Å²) >= 11 is 0. The summed E-state index contributed by atoms with van der Waals surface area (Å²) < 4.78 is 2.38. The number of rotatable bonds is 3. The van der Waals surface area contributed by atoms with Crippen LogP contribution in [0.3, 0.4) is 0 Å². The van der Waals surface area contributed by atoms with Gasteiger partial charge in [-0.05, 0) is 71.4 Å². The third-order valence-corrected chi connectivity index (χ3v) is 6.96. The number of benzene rings is 2. The fourth-order valence-electron chi connectivity index (χ4n) is 4.85. The molecule has 0 saturated heterocycles. The van der Waals surface area contributed by atoms with Crippen molar-refractivity contribution in [2.75, 3.05) is 0 Å². The molecule has 1 aliphatic carbocycles. The van der Waals surface area contributed by atoms with Crippen LogP contribution < -0.4 is 4.57 Å². The van der Waals surface area contributed by atoms with Crippen molar-refractivity contribution in [3.8, 4) is 22.4 Å². The molecule has 0 aliphatic heterocycles. The predicted molar refractivity (Wildman–Crippen MR) is 123 cm³/mol. The molecule has 150 valence electrons. The first-order valence-electron chi connectivity index (χ1n) is 11.0. The molecule has 0 unspecified atom stereocenters. The first-order chi connectivity index (χ1) is 13.7. The summed E-state index contributed by atoms with van der Waals surface area (Å²) in [7, 11) is 0. The Bertz CT molecular complexity index is 1040. The third kappa shape index (κ3) is 3.52. The summed E-state index contributed by atoms with van der Waals surface area (Å²) in [6.07, 6.45) is 4.74. The lowest BCUT2D eigenvalue weighted by Gasteiger charge is -2.42. The Labute approximate surface area is 176 Å². The van der Waals surface area contributed by atoms with Crippen molar-refractivity contribution >= 4 is 0 Å². The van der Waals surface area contributed by atoms with Crippen molar-refractivity contribution in [1.82, 2.24) is 0 Å². The molecular formula is C28H34N+. The van der Waals surface area contributed by atoms with Crippen molar-refractivity contribution in [2.24, 2.45) is 0 Å². The molecule has 1 aromatic heterocycles. The van der Waals surface area contributed by atoms with E-state index in [1.165, 1.54) is 51.9 Å². The van der Waals surface area contributed by atoms with Gasteiger partial charge in [0.25, 0.3) is 0 Å². The lowest BCUT2D eigenvalue weighted by atomic mass is 9.62. The number of nitrogens with zero attached hydrogens (tertiary/aromatic N) is 1. The molecule has 0 radical (unpaired) electrons. The maximum atomic E-state index is 2.50. The zero-order valence-electron chi connectivity index (χ0n) is 18.8. The van der Waals surface area contributed by atoms with Gasteiger partial charge >= 0.3 is 0 Å². The van der Waals surface area contributed by atoms with Crippen LogP contribution in [0, 0.1) is 6.92 Å². The highest BCUT2D eigenvalue weighted by atomic mass is 14.9. The van der Waals surface area contributed by atoms with E-state index in [0.29, 0.717) is 0 Å². The average Bonchev–Trinajstić information content (AvgIpc) is 2.71. The Morgan fingerprint density at radius 1 is 0.793 bits per heavy atom. The summed E-state index contributed by atoms with van der Waals surface area (Å²) in [6.45, 7) is 15.1. The maximum Gasteiger partial charge on any atom is 0.213 e. The summed E-state index contributed by atoms with van der Waals surface area (Å²) in [5.74, 6) is 0. The van der Waals surface area contributed by atoms with E-state index in [4.69, 9.17) is 0 Å². The average molecular weight is 385 g/mol. The number of hydrogen-bond donors (Lipinski definition) is 0. The van der Waals surface area contributed by atoms with Crippen molar-refractivity contribution in [3.63, 3.8) is 0 Å². The van der Waals surface area contributed by atoms with E-state index in [9.17, 15) is 0 Å². The highest BCUT2D eigenvalue weighted by Crippen LogP contribution is 2.47. The van der Waals surface area contributed by atoms with Gasteiger partial charge < -0.3 is 0 Å². The molecule has 3 aromatic rings. The normalized spacial score (nSPS) is 17.0. The largest absolute Gasteiger partial charge is 0.213 e. The molecule has 1 nitrogen and oxygen atoms in total. The van der Waals surface area contributed by atoms with E-state index in [-0.39, 0.29) is 10.8 Å². The zero-order chi connectivity index (χ0) is 20.8. The molecule has 1 aliphatic rings. The molecule has 0 saturated carbocycles. The number of fused-ring (bicyclic) bond motifs is 1. The first kappa shape index (κ1) is 19.9. The minimum absolute atomic E-state index is 0.224. The minimum atomic E-state index is 0.224. The number of hydrogen-bond acceptors (Lipinski definition) is 0. The molecule has 1 heterocycles. The summed E-state index contributed by atoms with van der Waals surface area (Å²) in [6, 6.07) is 20.3. The molecule has 0 spiro atoms. The van der Waals surface area contributed by atoms with Gasteiger partial charge in [-0.3, -0.25) is 0 Å². The SMILES string of the molecule is CC[n+]1ccc(-c2ccccc2)cc1-c1cc2c(cc1C)C(C)(C)CCC2(C)C. The van der Waals surface area contributed by atoms with Crippen molar-refractivity contribution in [1.29, 1.82) is 0 Å². The van der Waals surface area contributed by atoms with Crippen LogP contribution in [0.5, 0.6) is 0 Å². The van der Waals surface area contributed by atoms with E-state index in [1.54, 1.807) is 0 Å². The van der Waals surface area contributed by atoms with Gasteiger partial charge in [-0.25, -0.2) is 0 Å². The summed E-state index contributed by atoms with van der Waals surface area (Å²) in [5, 5.41) is 0. The second-order valence-electron chi connectivity index (χ2n) is 9.93. The third-order valence-electron chi connectivity index (χ3n) is 6.96. The molecular weight excluding hydrogens is 350 g/mol. The van der Waals surface area contributed by atoms with Gasteiger partial charge in [-0.15, -0.1) is 0 Å². The number of aromatic nitrogens is 1. The second-order valence-corrected chi connectivity index (χ2v) is 9.93. The number of pyridine rings is 1. The fourth-order valence-corrected chi connectivity index (χ4v) is 4.85. The standard InChI is InChI=1S/C28H34N/c1-7-29-16-13-22(21-11-9-8-10-12-21)18-26(29)23-19-25-24(17-20(23)2)27(3,4)14-15-28(25,5)6/h8-13,16-19H,7,14-15H2,1-6H3/q+1. The predicted octanol–water partition coefficient (Wildman–Crippen LogP) is 6.99. The van der Waals surface area contributed by atoms with Crippen LogP contribution in [0.2, 0.25) is 0 Å². The maximum absolute atomic E-state index is 2.50. The topological polar surface area (TPSA) is 3.88 Å². The van der Waals surface area contributed by atoms with Crippen molar-refractivity contribution < 1.29 is 4.57 Å². The van der Waals surface area contributed by atoms with E-state index in [2.05, 4.69) is 107 Å². The van der Waals surface area contributed by atoms with Crippen LogP contribution in [0.15, 0.2) is 60.8 Å². The van der Waals surface area contributed by atoms with Gasteiger partial charge in [0.05, 0.1) is 0 Å². The van der Waals surface area contributed by atoms with Crippen LogP contribution in [0.4, 0.5) is 0 Å². The van der Waals surface area contributed by atoms with E-state index in [1.807, 2.05) is 0 Å². The Morgan fingerprint density at radius 3 is 2.03 bits per heavy atom. The monoisotopic (exact) mass is 384 g/mol. The molecule has 29 heavy (non-hydrogen) atoms. The fraction of sp³-hybridized carbons (Fsp3) is 0.393. The quantitative estimate of drug-likeness (QED) is 0.429. The van der Waals surface area contributed by atoms with Crippen LogP contribution in [0.1, 0.15) is 64.2 Å². The van der Waals surface area contributed by atoms with E-state index in [0.717, 1.165) is 6.54 Å². The highest BCUT2D eigenvalue weighted by Gasteiger charge is 2.38. The molecule has 0 fully saturated rings. The Morgan fingerprint density at radius 2 is 1.41 bits per heavy atom. The summed E-state index contributed by atoms with van der Waals surface area (Å²) in [4.78, 5) is 0. The van der Waals surface area contributed by atoms with Crippen molar-refractivity contribution in [2.45, 2.75) is 71.8 Å². The zero-order valence-corrected chi connectivity index (χ0v) is 18.8. The van der Waals surface area contributed by atoms with Gasteiger partial charge in [0.1, 0.15) is 6.54 Å². The van der Waals surface area contributed by atoms with E-state index < -0.39 is 0 Å².